The van der Waals surface area contributed by atoms with Gasteiger partial charge in [-0.05, 0) is 35.9 Å². The highest BCUT2D eigenvalue weighted by Crippen LogP contribution is 2.13. The topological polar surface area (TPSA) is 53.5 Å². The molecule has 5 nitrogen and oxygen atoms in total. The smallest absolute Gasteiger partial charge is 0.255 e. The van der Waals surface area contributed by atoms with Crippen molar-refractivity contribution in [1.29, 1.82) is 0 Å². The monoisotopic (exact) mass is 355 g/mol. The Balaban J connectivity index is 1.55. The van der Waals surface area contributed by atoms with Gasteiger partial charge in [0.05, 0.1) is 5.56 Å². The van der Waals surface area contributed by atoms with Gasteiger partial charge in [-0.2, -0.15) is 0 Å². The normalized spacial score (nSPS) is 14.8. The average Bonchev–Trinajstić information content (AvgIpc) is 2.66. The van der Waals surface area contributed by atoms with Crippen molar-refractivity contribution in [1.82, 2.24) is 14.8 Å². The summed E-state index contributed by atoms with van der Waals surface area (Å²) in [5.41, 5.74) is 1.45. The van der Waals surface area contributed by atoms with Gasteiger partial charge in [0, 0.05) is 49.7 Å². The molecule has 1 aromatic carbocycles. The van der Waals surface area contributed by atoms with Gasteiger partial charge >= 0.3 is 0 Å². The van der Waals surface area contributed by atoms with Crippen LogP contribution in [0.1, 0.15) is 15.9 Å². The predicted molar refractivity (Wildman–Crippen MR) is 97.2 cm³/mol. The Labute approximate surface area is 151 Å². The Kier molecular flexibility index (Phi) is 5.46. The maximum atomic E-state index is 12.4. The standard InChI is InChI=1S/C19H18ClN3O2/c20-17-5-1-3-15(13-17)6-7-18(24)22-9-11-23(12-10-22)19(25)16-4-2-8-21-14-16/h1-8,13-14H,9-12H2/b7-6+. The SMILES string of the molecule is O=C(/C=C/c1cccc(Cl)c1)N1CCN(C(=O)c2cccnc2)CC1. The summed E-state index contributed by atoms with van der Waals surface area (Å²) in [5, 5.41) is 0.636. The van der Waals surface area contributed by atoms with Gasteiger partial charge in [0.25, 0.3) is 5.91 Å². The van der Waals surface area contributed by atoms with Crippen LogP contribution in [0.3, 0.4) is 0 Å². The molecule has 1 saturated heterocycles. The van der Waals surface area contributed by atoms with E-state index in [9.17, 15) is 9.59 Å². The maximum absolute atomic E-state index is 12.4. The van der Waals surface area contributed by atoms with Crippen LogP contribution in [0.15, 0.2) is 54.9 Å². The predicted octanol–water partition coefficient (Wildman–Crippen LogP) is 2.73. The number of pyridine rings is 1. The molecule has 6 heteroatoms. The zero-order chi connectivity index (χ0) is 17.6. The van der Waals surface area contributed by atoms with Crippen molar-refractivity contribution in [3.63, 3.8) is 0 Å². The highest BCUT2D eigenvalue weighted by atomic mass is 35.5. The van der Waals surface area contributed by atoms with Gasteiger partial charge < -0.3 is 9.80 Å². The zero-order valence-electron chi connectivity index (χ0n) is 13.6. The molecule has 1 aliphatic heterocycles. The number of hydrogen-bond acceptors (Lipinski definition) is 3. The van der Waals surface area contributed by atoms with Crippen LogP contribution in [0.2, 0.25) is 5.02 Å². The third-order valence-corrected chi connectivity index (χ3v) is 4.29. The van der Waals surface area contributed by atoms with Crippen LogP contribution in [-0.4, -0.2) is 52.8 Å². The van der Waals surface area contributed by atoms with Gasteiger partial charge in [-0.3, -0.25) is 14.6 Å². The summed E-state index contributed by atoms with van der Waals surface area (Å²) < 4.78 is 0. The van der Waals surface area contributed by atoms with E-state index < -0.39 is 0 Å². The van der Waals surface area contributed by atoms with Crippen molar-refractivity contribution in [3.05, 3.63) is 71.0 Å². The van der Waals surface area contributed by atoms with E-state index in [-0.39, 0.29) is 11.8 Å². The van der Waals surface area contributed by atoms with Crippen molar-refractivity contribution in [2.24, 2.45) is 0 Å². The Bertz CT molecular complexity index is 784. The molecule has 0 aliphatic carbocycles. The molecular formula is C19H18ClN3O2. The number of hydrogen-bond donors (Lipinski definition) is 0. The van der Waals surface area contributed by atoms with Gasteiger partial charge in [0.15, 0.2) is 0 Å². The quantitative estimate of drug-likeness (QED) is 0.795. The van der Waals surface area contributed by atoms with Gasteiger partial charge in [0.2, 0.25) is 5.91 Å². The minimum Gasteiger partial charge on any atom is -0.336 e. The van der Waals surface area contributed by atoms with Crippen molar-refractivity contribution < 1.29 is 9.59 Å². The number of benzene rings is 1. The van der Waals surface area contributed by atoms with Gasteiger partial charge in [-0.15, -0.1) is 0 Å². The number of carbonyl (C=O) groups excluding carboxylic acids is 2. The van der Waals surface area contributed by atoms with E-state index >= 15 is 0 Å². The largest absolute Gasteiger partial charge is 0.336 e. The van der Waals surface area contributed by atoms with E-state index in [1.54, 1.807) is 58.6 Å². The summed E-state index contributed by atoms with van der Waals surface area (Å²) >= 11 is 5.93. The number of amides is 2. The molecule has 25 heavy (non-hydrogen) atoms. The van der Waals surface area contributed by atoms with Crippen LogP contribution in [-0.2, 0) is 4.79 Å². The molecule has 2 aromatic rings. The molecule has 0 spiro atoms. The number of halogens is 1. The molecule has 0 radical (unpaired) electrons. The van der Waals surface area contributed by atoms with Crippen molar-refractivity contribution in [2.45, 2.75) is 0 Å². The van der Waals surface area contributed by atoms with Crippen molar-refractivity contribution >= 4 is 29.5 Å². The second-order valence-corrected chi connectivity index (χ2v) is 6.18. The summed E-state index contributed by atoms with van der Waals surface area (Å²) in [6, 6.07) is 10.8. The van der Waals surface area contributed by atoms with Crippen LogP contribution in [0.5, 0.6) is 0 Å². The molecule has 1 fully saturated rings. The first-order valence-corrected chi connectivity index (χ1v) is 8.43. The Morgan fingerprint density at radius 2 is 1.80 bits per heavy atom. The lowest BCUT2D eigenvalue weighted by molar-refractivity contribution is -0.127. The Morgan fingerprint density at radius 3 is 2.48 bits per heavy atom. The van der Waals surface area contributed by atoms with Crippen LogP contribution in [0.25, 0.3) is 6.08 Å². The molecule has 2 heterocycles. The van der Waals surface area contributed by atoms with Crippen molar-refractivity contribution in [3.8, 4) is 0 Å². The third-order valence-electron chi connectivity index (χ3n) is 4.05. The number of nitrogens with zero attached hydrogens (tertiary/aromatic N) is 3. The Hall–Kier alpha value is -2.66. The first-order chi connectivity index (χ1) is 12.1. The highest BCUT2D eigenvalue weighted by molar-refractivity contribution is 6.30. The number of piperazine rings is 1. The molecule has 0 atom stereocenters. The lowest BCUT2D eigenvalue weighted by Gasteiger charge is -2.34. The lowest BCUT2D eigenvalue weighted by atomic mass is 10.2. The second-order valence-electron chi connectivity index (χ2n) is 5.75. The molecule has 1 aliphatic rings. The minimum absolute atomic E-state index is 0.0466. The van der Waals surface area contributed by atoms with Crippen LogP contribution >= 0.6 is 11.6 Å². The van der Waals surface area contributed by atoms with Crippen molar-refractivity contribution in [2.75, 3.05) is 26.2 Å². The van der Waals surface area contributed by atoms with E-state index in [2.05, 4.69) is 4.98 Å². The van der Waals surface area contributed by atoms with Gasteiger partial charge in [-0.1, -0.05) is 23.7 Å². The molecular weight excluding hydrogens is 338 g/mol. The van der Waals surface area contributed by atoms with E-state index in [1.165, 1.54) is 0 Å². The van der Waals surface area contributed by atoms with Gasteiger partial charge in [-0.25, -0.2) is 0 Å². The van der Waals surface area contributed by atoms with Crippen LogP contribution in [0.4, 0.5) is 0 Å². The van der Waals surface area contributed by atoms with E-state index in [1.807, 2.05) is 12.1 Å². The van der Waals surface area contributed by atoms with Crippen LogP contribution < -0.4 is 0 Å². The minimum atomic E-state index is -0.0616. The fourth-order valence-electron chi connectivity index (χ4n) is 2.68. The molecule has 0 unspecified atom stereocenters. The summed E-state index contributed by atoms with van der Waals surface area (Å²) in [5.74, 6) is -0.108. The summed E-state index contributed by atoms with van der Waals surface area (Å²) in [4.78, 5) is 32.1. The molecule has 2 amide bonds. The summed E-state index contributed by atoms with van der Waals surface area (Å²) in [6.07, 6.45) is 6.50. The van der Waals surface area contributed by atoms with Crippen LogP contribution in [0, 0.1) is 0 Å². The molecule has 0 N–H and O–H groups in total. The molecule has 3 rings (SSSR count). The number of aromatic nitrogens is 1. The first kappa shape index (κ1) is 17.2. The summed E-state index contributed by atoms with van der Waals surface area (Å²) in [6.45, 7) is 2.07. The summed E-state index contributed by atoms with van der Waals surface area (Å²) in [7, 11) is 0. The lowest BCUT2D eigenvalue weighted by Crippen LogP contribution is -2.50. The number of rotatable bonds is 3. The Morgan fingerprint density at radius 1 is 1.04 bits per heavy atom. The fourth-order valence-corrected chi connectivity index (χ4v) is 2.88. The molecule has 0 saturated carbocycles. The zero-order valence-corrected chi connectivity index (χ0v) is 14.4. The number of carbonyl (C=O) groups is 2. The molecule has 128 valence electrons. The van der Waals surface area contributed by atoms with Gasteiger partial charge in [0.1, 0.15) is 0 Å². The van der Waals surface area contributed by atoms with E-state index in [0.717, 1.165) is 5.56 Å². The molecule has 0 bridgehead atoms. The van der Waals surface area contributed by atoms with E-state index in [0.29, 0.717) is 36.8 Å². The first-order valence-electron chi connectivity index (χ1n) is 8.05. The van der Waals surface area contributed by atoms with E-state index in [4.69, 9.17) is 11.6 Å². The highest BCUT2D eigenvalue weighted by Gasteiger charge is 2.23. The fraction of sp³-hybridized carbons (Fsp3) is 0.211. The molecule has 1 aromatic heterocycles. The third kappa shape index (κ3) is 4.45. The maximum Gasteiger partial charge on any atom is 0.255 e. The second kappa shape index (κ2) is 7.94. The average molecular weight is 356 g/mol.